The molecule has 36 heavy (non-hydrogen) atoms. The van der Waals surface area contributed by atoms with Crippen molar-refractivity contribution in [3.63, 3.8) is 0 Å². The quantitative estimate of drug-likeness (QED) is 0.243. The van der Waals surface area contributed by atoms with Gasteiger partial charge in [-0.25, -0.2) is 0 Å². The Morgan fingerprint density at radius 1 is 1.22 bits per heavy atom. The van der Waals surface area contributed by atoms with Crippen LogP contribution in [0.2, 0.25) is 0 Å². The molecule has 4 amide bonds. The standard InChI is InChI=1S/C23H36F3N5O4S/c1-21(2,3)15(30-20(35)23(24,25)26)19(34)31-9-11-13(22(11,4)5)14(31)18(33)29-12(16(27)36)8-10-6-7-28-17(10)32/h10-16,36H,6-9,27H2,1-5H3,(H,28,32)(H,29,33)(H,30,35)/t10-,11+,12-,13+,14-,15+,16-/m0/s1. The summed E-state index contributed by atoms with van der Waals surface area (Å²) >= 11 is 4.27. The first-order valence-corrected chi connectivity index (χ1v) is 12.6. The second-order valence-electron chi connectivity index (χ2n) is 11.8. The van der Waals surface area contributed by atoms with E-state index in [0.717, 1.165) is 0 Å². The molecule has 3 aliphatic rings. The molecule has 0 spiro atoms. The van der Waals surface area contributed by atoms with Crippen LogP contribution in [0.5, 0.6) is 0 Å². The Morgan fingerprint density at radius 2 is 1.83 bits per heavy atom. The first-order valence-electron chi connectivity index (χ1n) is 12.1. The van der Waals surface area contributed by atoms with Gasteiger partial charge in [-0.15, -0.1) is 0 Å². The van der Waals surface area contributed by atoms with Crippen LogP contribution in [0.25, 0.3) is 0 Å². The predicted molar refractivity (Wildman–Crippen MR) is 128 cm³/mol. The molecule has 0 aromatic carbocycles. The maximum atomic E-state index is 13.6. The lowest BCUT2D eigenvalue weighted by Gasteiger charge is -2.38. The van der Waals surface area contributed by atoms with E-state index >= 15 is 0 Å². The molecule has 3 rings (SSSR count). The summed E-state index contributed by atoms with van der Waals surface area (Å²) in [6.07, 6.45) is -4.28. The number of thiol groups is 1. The number of nitrogens with two attached hydrogens (primary N) is 1. The van der Waals surface area contributed by atoms with Gasteiger partial charge in [0.25, 0.3) is 0 Å². The summed E-state index contributed by atoms with van der Waals surface area (Å²) in [6.45, 7) is 9.31. The highest BCUT2D eigenvalue weighted by molar-refractivity contribution is 7.80. The molecule has 9 nitrogen and oxygen atoms in total. The smallest absolute Gasteiger partial charge is 0.356 e. The average Bonchev–Trinajstić information content (AvgIpc) is 3.09. The van der Waals surface area contributed by atoms with Crippen molar-refractivity contribution in [3.05, 3.63) is 0 Å². The molecule has 1 aliphatic carbocycles. The number of rotatable bonds is 7. The third-order valence-electron chi connectivity index (χ3n) is 7.85. The normalized spacial score (nSPS) is 29.6. The molecular weight excluding hydrogens is 499 g/mol. The molecule has 0 aromatic rings. The fraction of sp³-hybridized carbons (Fsp3) is 0.826. The molecule has 0 aromatic heterocycles. The van der Waals surface area contributed by atoms with Crippen LogP contribution in [0, 0.1) is 28.6 Å². The Labute approximate surface area is 214 Å². The summed E-state index contributed by atoms with van der Waals surface area (Å²) in [4.78, 5) is 52.1. The van der Waals surface area contributed by atoms with Crippen LogP contribution in [-0.4, -0.2) is 71.3 Å². The molecule has 2 heterocycles. The number of amides is 4. The topological polar surface area (TPSA) is 134 Å². The van der Waals surface area contributed by atoms with Crippen LogP contribution in [0.15, 0.2) is 0 Å². The van der Waals surface area contributed by atoms with Crippen LogP contribution in [0.1, 0.15) is 47.5 Å². The van der Waals surface area contributed by atoms with Gasteiger partial charge in [-0.1, -0.05) is 34.6 Å². The lowest BCUT2D eigenvalue weighted by atomic mass is 9.85. The second kappa shape index (κ2) is 9.70. The Hall–Kier alpha value is -2.02. The minimum absolute atomic E-state index is 0.0140. The van der Waals surface area contributed by atoms with Crippen molar-refractivity contribution in [2.45, 2.75) is 77.1 Å². The summed E-state index contributed by atoms with van der Waals surface area (Å²) in [5.41, 5.74) is 4.69. The number of likely N-dealkylation sites (tertiary alicyclic amines) is 1. The van der Waals surface area contributed by atoms with E-state index in [2.05, 4.69) is 23.3 Å². The molecule has 3 fully saturated rings. The van der Waals surface area contributed by atoms with Gasteiger partial charge in [0.05, 0.1) is 11.4 Å². The molecule has 204 valence electrons. The zero-order chi connectivity index (χ0) is 27.4. The molecular formula is C23H36F3N5O4S. The van der Waals surface area contributed by atoms with Gasteiger partial charge in [-0.3, -0.25) is 19.2 Å². The molecule has 1 saturated carbocycles. The van der Waals surface area contributed by atoms with E-state index in [9.17, 15) is 32.3 Å². The Kier molecular flexibility index (Phi) is 7.69. The molecule has 5 N–H and O–H groups in total. The fourth-order valence-electron chi connectivity index (χ4n) is 5.57. The van der Waals surface area contributed by atoms with Gasteiger partial charge in [0.15, 0.2) is 0 Å². The van der Waals surface area contributed by atoms with E-state index in [0.29, 0.717) is 13.0 Å². The van der Waals surface area contributed by atoms with Crippen molar-refractivity contribution >= 4 is 36.3 Å². The molecule has 0 unspecified atom stereocenters. The maximum Gasteiger partial charge on any atom is 0.471 e. The molecule has 0 bridgehead atoms. The van der Waals surface area contributed by atoms with E-state index in [1.807, 2.05) is 19.2 Å². The van der Waals surface area contributed by atoms with E-state index in [4.69, 9.17) is 5.73 Å². The van der Waals surface area contributed by atoms with Crippen LogP contribution in [0.4, 0.5) is 13.2 Å². The van der Waals surface area contributed by atoms with Crippen molar-refractivity contribution in [2.24, 2.45) is 34.3 Å². The van der Waals surface area contributed by atoms with Crippen LogP contribution < -0.4 is 21.7 Å². The van der Waals surface area contributed by atoms with Gasteiger partial charge in [0, 0.05) is 19.0 Å². The predicted octanol–water partition coefficient (Wildman–Crippen LogP) is 0.788. The van der Waals surface area contributed by atoms with Gasteiger partial charge in [0.1, 0.15) is 12.1 Å². The highest BCUT2D eigenvalue weighted by atomic mass is 32.1. The zero-order valence-corrected chi connectivity index (χ0v) is 22.0. The fourth-order valence-corrected chi connectivity index (χ4v) is 5.77. The van der Waals surface area contributed by atoms with E-state index in [1.54, 1.807) is 20.8 Å². The third kappa shape index (κ3) is 5.61. The van der Waals surface area contributed by atoms with Crippen LogP contribution in [0.3, 0.4) is 0 Å². The molecule has 0 radical (unpaired) electrons. The number of fused-ring (bicyclic) bond motifs is 1. The number of carbonyl (C=O) groups excluding carboxylic acids is 4. The lowest BCUT2D eigenvalue weighted by Crippen LogP contribution is -2.61. The second-order valence-corrected chi connectivity index (χ2v) is 12.4. The summed E-state index contributed by atoms with van der Waals surface area (Å²) in [6, 6.07) is -3.10. The third-order valence-corrected chi connectivity index (χ3v) is 8.21. The van der Waals surface area contributed by atoms with E-state index in [-0.39, 0.29) is 42.0 Å². The number of hydrogen-bond donors (Lipinski definition) is 5. The van der Waals surface area contributed by atoms with Crippen molar-refractivity contribution in [1.29, 1.82) is 0 Å². The molecule has 7 atom stereocenters. The van der Waals surface area contributed by atoms with Crippen molar-refractivity contribution in [1.82, 2.24) is 20.9 Å². The minimum atomic E-state index is -5.15. The number of halogens is 3. The van der Waals surface area contributed by atoms with Gasteiger partial charge in [0.2, 0.25) is 17.7 Å². The summed E-state index contributed by atoms with van der Waals surface area (Å²) in [7, 11) is 0. The lowest BCUT2D eigenvalue weighted by molar-refractivity contribution is -0.176. The summed E-state index contributed by atoms with van der Waals surface area (Å²) < 4.78 is 38.9. The number of carbonyl (C=O) groups is 4. The van der Waals surface area contributed by atoms with E-state index in [1.165, 1.54) is 4.90 Å². The number of piperidine rings is 1. The first-order chi connectivity index (χ1) is 16.4. The Balaban J connectivity index is 1.83. The van der Waals surface area contributed by atoms with Gasteiger partial charge < -0.3 is 26.6 Å². The van der Waals surface area contributed by atoms with Gasteiger partial charge >= 0.3 is 12.1 Å². The van der Waals surface area contributed by atoms with Gasteiger partial charge in [-0.2, -0.15) is 25.8 Å². The zero-order valence-electron chi connectivity index (χ0n) is 21.1. The van der Waals surface area contributed by atoms with Crippen molar-refractivity contribution in [2.75, 3.05) is 13.1 Å². The number of nitrogens with one attached hydrogen (secondary N) is 3. The van der Waals surface area contributed by atoms with Crippen molar-refractivity contribution < 1.29 is 32.3 Å². The monoisotopic (exact) mass is 535 g/mol. The Bertz CT molecular complexity index is 920. The number of nitrogens with zero attached hydrogens (tertiary/aromatic N) is 1. The largest absolute Gasteiger partial charge is 0.471 e. The number of hydrogen-bond acceptors (Lipinski definition) is 6. The van der Waals surface area contributed by atoms with Crippen LogP contribution in [-0.2, 0) is 19.2 Å². The van der Waals surface area contributed by atoms with Crippen LogP contribution >= 0.6 is 12.6 Å². The summed E-state index contributed by atoms with van der Waals surface area (Å²) in [5.74, 6) is -4.13. The van der Waals surface area contributed by atoms with E-state index < -0.39 is 52.8 Å². The minimum Gasteiger partial charge on any atom is -0.356 e. The Morgan fingerprint density at radius 3 is 2.31 bits per heavy atom. The molecule has 13 heteroatoms. The van der Waals surface area contributed by atoms with Crippen molar-refractivity contribution in [3.8, 4) is 0 Å². The maximum absolute atomic E-state index is 13.6. The SMILES string of the molecule is CC(C)(C)[C@H](NC(=O)C(F)(F)F)C(=O)N1C[C@@H]2[C@H]([C@H]1C(=O)N[C@@H](C[C@@H]1CCNC1=O)[C@@H](N)S)C2(C)C. The highest BCUT2D eigenvalue weighted by Crippen LogP contribution is 2.65. The average molecular weight is 536 g/mol. The highest BCUT2D eigenvalue weighted by Gasteiger charge is 2.70. The molecule has 2 saturated heterocycles. The number of alkyl halides is 3. The van der Waals surface area contributed by atoms with Gasteiger partial charge in [-0.05, 0) is 35.5 Å². The summed E-state index contributed by atoms with van der Waals surface area (Å²) in [5, 5.41) is 6.64. The molecule has 2 aliphatic heterocycles. The first kappa shape index (κ1) is 28.5.